The molecule has 0 radical (unpaired) electrons. The van der Waals surface area contributed by atoms with Gasteiger partial charge in [-0.2, -0.15) is 0 Å². The molecule has 1 fully saturated rings. The van der Waals surface area contributed by atoms with Crippen LogP contribution >= 0.6 is 0 Å². The van der Waals surface area contributed by atoms with Crippen LogP contribution in [0.15, 0.2) is 41.5 Å². The van der Waals surface area contributed by atoms with Crippen molar-refractivity contribution in [2.45, 2.75) is 13.3 Å². The maximum atomic E-state index is 13.2. The fourth-order valence-corrected chi connectivity index (χ4v) is 4.07. The monoisotopic (exact) mass is 446 g/mol. The van der Waals surface area contributed by atoms with Gasteiger partial charge in [-0.15, -0.1) is 0 Å². The number of fused-ring (bicyclic) bond motifs is 2. The summed E-state index contributed by atoms with van der Waals surface area (Å²) in [7, 11) is 2.05. The third-order valence-electron chi connectivity index (χ3n) is 5.98. The minimum absolute atomic E-state index is 0.0345. The molecule has 0 spiro atoms. The molecule has 9 nitrogen and oxygen atoms in total. The van der Waals surface area contributed by atoms with E-state index in [-0.39, 0.29) is 11.5 Å². The highest BCUT2D eigenvalue weighted by atomic mass is 16.5. The van der Waals surface area contributed by atoms with Gasteiger partial charge in [-0.1, -0.05) is 6.92 Å². The Bertz CT molecular complexity index is 1380. The number of ether oxygens (including phenoxy) is 1. The number of aromatic amines is 2. The van der Waals surface area contributed by atoms with Crippen LogP contribution in [0.25, 0.3) is 33.3 Å². The summed E-state index contributed by atoms with van der Waals surface area (Å²) in [6.45, 7) is 5.60. The Labute approximate surface area is 190 Å². The highest BCUT2D eigenvalue weighted by Gasteiger charge is 2.22. The highest BCUT2D eigenvalue weighted by Crippen LogP contribution is 2.30. The van der Waals surface area contributed by atoms with Crippen molar-refractivity contribution in [3.05, 3.63) is 52.6 Å². The minimum atomic E-state index is -0.260. The van der Waals surface area contributed by atoms with Crippen molar-refractivity contribution in [1.82, 2.24) is 29.7 Å². The molecular weight excluding hydrogens is 420 g/mol. The predicted molar refractivity (Wildman–Crippen MR) is 127 cm³/mol. The lowest BCUT2D eigenvalue weighted by Crippen LogP contribution is -2.47. The summed E-state index contributed by atoms with van der Waals surface area (Å²) in [4.78, 5) is 45.0. The van der Waals surface area contributed by atoms with Crippen molar-refractivity contribution in [2.24, 2.45) is 0 Å². The second-order valence-corrected chi connectivity index (χ2v) is 8.36. The number of nitrogens with zero attached hydrogens (tertiary/aromatic N) is 4. The molecule has 0 aliphatic carbocycles. The van der Waals surface area contributed by atoms with E-state index in [0.29, 0.717) is 53.3 Å². The van der Waals surface area contributed by atoms with Crippen LogP contribution in [0.1, 0.15) is 23.7 Å². The van der Waals surface area contributed by atoms with Gasteiger partial charge in [0.15, 0.2) is 0 Å². The van der Waals surface area contributed by atoms with E-state index >= 15 is 0 Å². The summed E-state index contributed by atoms with van der Waals surface area (Å²) >= 11 is 0. The highest BCUT2D eigenvalue weighted by molar-refractivity contribution is 5.96. The molecule has 2 aromatic heterocycles. The average molecular weight is 447 g/mol. The lowest BCUT2D eigenvalue weighted by atomic mass is 10.1. The summed E-state index contributed by atoms with van der Waals surface area (Å²) in [5, 5.41) is 0.469. The van der Waals surface area contributed by atoms with E-state index in [9.17, 15) is 9.59 Å². The molecule has 33 heavy (non-hydrogen) atoms. The van der Waals surface area contributed by atoms with E-state index in [1.165, 1.54) is 0 Å². The SMILES string of the molecule is CCCOc1ccc(C(=O)N2CCN(C)CC2)cc1-c1nc2cc3nc[nH]c3cc2c(=O)[nH]1. The van der Waals surface area contributed by atoms with Crippen LogP contribution < -0.4 is 10.3 Å². The van der Waals surface area contributed by atoms with E-state index in [4.69, 9.17) is 9.72 Å². The lowest BCUT2D eigenvalue weighted by molar-refractivity contribution is 0.0664. The van der Waals surface area contributed by atoms with Crippen molar-refractivity contribution in [3.63, 3.8) is 0 Å². The number of likely N-dealkylation sites (N-methyl/N-ethyl adjacent to an activating group) is 1. The number of hydrogen-bond acceptors (Lipinski definition) is 6. The van der Waals surface area contributed by atoms with Crippen LogP contribution in [-0.4, -0.2) is 75.5 Å². The van der Waals surface area contributed by atoms with Gasteiger partial charge in [-0.3, -0.25) is 9.59 Å². The number of carbonyl (C=O) groups excluding carboxylic acids is 1. The van der Waals surface area contributed by atoms with E-state index in [2.05, 4.69) is 26.9 Å². The summed E-state index contributed by atoms with van der Waals surface area (Å²) in [5.41, 5.74) is 2.91. The number of hydrogen-bond donors (Lipinski definition) is 2. The van der Waals surface area contributed by atoms with Crippen molar-refractivity contribution in [3.8, 4) is 17.1 Å². The Kier molecular flexibility index (Phi) is 5.55. The molecule has 2 N–H and O–H groups in total. The summed E-state index contributed by atoms with van der Waals surface area (Å²) in [5.74, 6) is 0.907. The van der Waals surface area contributed by atoms with E-state index < -0.39 is 0 Å². The molecule has 0 atom stereocenters. The van der Waals surface area contributed by atoms with E-state index in [1.807, 2.05) is 11.8 Å². The van der Waals surface area contributed by atoms with Crippen LogP contribution in [0.2, 0.25) is 0 Å². The first-order valence-electron chi connectivity index (χ1n) is 11.2. The van der Waals surface area contributed by atoms with Crippen molar-refractivity contribution in [1.29, 1.82) is 0 Å². The molecule has 0 bridgehead atoms. The van der Waals surface area contributed by atoms with Crippen LogP contribution in [0.4, 0.5) is 0 Å². The van der Waals surface area contributed by atoms with E-state index in [1.54, 1.807) is 36.7 Å². The van der Waals surface area contributed by atoms with Crippen LogP contribution in [0.3, 0.4) is 0 Å². The van der Waals surface area contributed by atoms with Gasteiger partial charge in [-0.05, 0) is 43.8 Å². The van der Waals surface area contributed by atoms with Crippen LogP contribution in [0, 0.1) is 0 Å². The fourth-order valence-electron chi connectivity index (χ4n) is 4.07. The number of H-pyrrole nitrogens is 2. The number of benzene rings is 2. The van der Waals surface area contributed by atoms with Gasteiger partial charge in [0.25, 0.3) is 11.5 Å². The molecule has 4 aromatic rings. The second-order valence-electron chi connectivity index (χ2n) is 8.36. The second kappa shape index (κ2) is 8.67. The number of aromatic nitrogens is 4. The van der Waals surface area contributed by atoms with Gasteiger partial charge >= 0.3 is 0 Å². The van der Waals surface area contributed by atoms with Crippen LogP contribution in [-0.2, 0) is 0 Å². The Balaban J connectivity index is 1.59. The Hall–Kier alpha value is -3.72. The lowest BCUT2D eigenvalue weighted by Gasteiger charge is -2.32. The normalized spacial score (nSPS) is 14.8. The number of rotatable bonds is 5. The predicted octanol–water partition coefficient (Wildman–Crippen LogP) is 2.64. The van der Waals surface area contributed by atoms with Gasteiger partial charge in [0.2, 0.25) is 0 Å². The zero-order chi connectivity index (χ0) is 22.9. The van der Waals surface area contributed by atoms with Gasteiger partial charge in [0.05, 0.1) is 40.4 Å². The van der Waals surface area contributed by atoms with Gasteiger partial charge in [-0.25, -0.2) is 9.97 Å². The van der Waals surface area contributed by atoms with E-state index in [0.717, 1.165) is 30.5 Å². The first-order valence-corrected chi connectivity index (χ1v) is 11.2. The van der Waals surface area contributed by atoms with Crippen molar-refractivity contribution < 1.29 is 9.53 Å². The molecule has 1 saturated heterocycles. The first-order chi connectivity index (χ1) is 16.0. The zero-order valence-corrected chi connectivity index (χ0v) is 18.7. The Morgan fingerprint density at radius 3 is 2.73 bits per heavy atom. The van der Waals surface area contributed by atoms with Crippen molar-refractivity contribution >= 4 is 27.8 Å². The molecule has 0 saturated carbocycles. The fraction of sp³-hybridized carbons (Fsp3) is 0.333. The molecular formula is C24H26N6O3. The Morgan fingerprint density at radius 1 is 1.12 bits per heavy atom. The van der Waals surface area contributed by atoms with Crippen LogP contribution in [0.5, 0.6) is 5.75 Å². The molecule has 1 aliphatic heterocycles. The standard InChI is InChI=1S/C24H26N6O3/c1-3-10-33-21-5-4-15(24(32)30-8-6-29(2)7-9-30)11-17(21)22-27-18-13-20-19(25-14-26-20)12-16(18)23(31)28-22/h4-5,11-14H,3,6-10H2,1-2H3,(H,25,26)(H,27,28,31). The molecule has 9 heteroatoms. The Morgan fingerprint density at radius 2 is 1.94 bits per heavy atom. The molecule has 3 heterocycles. The largest absolute Gasteiger partial charge is 0.493 e. The molecule has 1 amide bonds. The van der Waals surface area contributed by atoms with Crippen molar-refractivity contribution in [2.75, 3.05) is 39.8 Å². The molecule has 5 rings (SSSR count). The smallest absolute Gasteiger partial charge is 0.259 e. The topological polar surface area (TPSA) is 107 Å². The van der Waals surface area contributed by atoms with Gasteiger partial charge in [0.1, 0.15) is 11.6 Å². The number of carbonyl (C=O) groups is 1. The quantitative estimate of drug-likeness (QED) is 0.488. The average Bonchev–Trinajstić information content (AvgIpc) is 3.29. The first kappa shape index (κ1) is 21.1. The summed E-state index contributed by atoms with van der Waals surface area (Å²) < 4.78 is 5.93. The molecule has 170 valence electrons. The number of piperazine rings is 1. The summed E-state index contributed by atoms with van der Waals surface area (Å²) in [6.07, 6.45) is 2.42. The van der Waals surface area contributed by atoms with Gasteiger partial charge in [0, 0.05) is 31.7 Å². The number of imidazole rings is 1. The maximum absolute atomic E-state index is 13.2. The molecule has 0 unspecified atom stereocenters. The summed E-state index contributed by atoms with van der Waals surface area (Å²) in [6, 6.07) is 8.86. The molecule has 1 aliphatic rings. The zero-order valence-electron chi connectivity index (χ0n) is 18.7. The number of nitrogens with one attached hydrogen (secondary N) is 2. The third kappa shape index (κ3) is 4.07. The van der Waals surface area contributed by atoms with Gasteiger partial charge < -0.3 is 24.5 Å². The maximum Gasteiger partial charge on any atom is 0.259 e. The minimum Gasteiger partial charge on any atom is -0.493 e. The molecule has 2 aromatic carbocycles. The number of amides is 1. The third-order valence-corrected chi connectivity index (χ3v) is 5.98.